The van der Waals surface area contributed by atoms with Crippen LogP contribution in [0.1, 0.15) is 38.2 Å². The Morgan fingerprint density at radius 1 is 1.23 bits per heavy atom. The van der Waals surface area contributed by atoms with Gasteiger partial charge in [0.25, 0.3) is 0 Å². The van der Waals surface area contributed by atoms with Crippen molar-refractivity contribution in [1.82, 2.24) is 9.80 Å². The van der Waals surface area contributed by atoms with Gasteiger partial charge in [-0.25, -0.2) is 8.78 Å². The van der Waals surface area contributed by atoms with E-state index < -0.39 is 17.0 Å². The van der Waals surface area contributed by atoms with Crippen LogP contribution < -0.4 is 0 Å². The number of benzene rings is 1. The minimum Gasteiger partial charge on any atom is -0.466 e. The molecule has 2 heterocycles. The van der Waals surface area contributed by atoms with Crippen molar-refractivity contribution in [2.45, 2.75) is 45.2 Å². The average Bonchev–Trinajstić information content (AvgIpc) is 2.77. The van der Waals surface area contributed by atoms with Gasteiger partial charge in [0.1, 0.15) is 0 Å². The predicted octanol–water partition coefficient (Wildman–Crippen LogP) is 3.22. The summed E-state index contributed by atoms with van der Waals surface area (Å²) in [6.07, 6.45) is 3.59. The second-order valence-electron chi connectivity index (χ2n) is 8.86. The van der Waals surface area contributed by atoms with Crippen molar-refractivity contribution >= 4 is 5.97 Å². The molecule has 4 rings (SSSR count). The lowest BCUT2D eigenvalue weighted by Gasteiger charge is -2.52. The lowest BCUT2D eigenvalue weighted by molar-refractivity contribution is -0.170. The molecule has 0 aromatic heterocycles. The maximum absolute atomic E-state index is 14.2. The molecule has 0 N–H and O–H groups in total. The first kappa shape index (κ1) is 21.7. The summed E-state index contributed by atoms with van der Waals surface area (Å²) >= 11 is 0. The van der Waals surface area contributed by atoms with E-state index in [1.165, 1.54) is 6.07 Å². The van der Waals surface area contributed by atoms with Crippen molar-refractivity contribution < 1.29 is 23.0 Å². The Labute approximate surface area is 177 Å². The van der Waals surface area contributed by atoms with Crippen LogP contribution in [0.2, 0.25) is 0 Å². The molecule has 1 aliphatic carbocycles. The normalized spacial score (nSPS) is 30.6. The topological polar surface area (TPSA) is 42.0 Å². The summed E-state index contributed by atoms with van der Waals surface area (Å²) in [7, 11) is 0. The van der Waals surface area contributed by atoms with Crippen LogP contribution >= 0.6 is 0 Å². The molecule has 3 aliphatic rings. The van der Waals surface area contributed by atoms with Gasteiger partial charge in [-0.3, -0.25) is 14.6 Å². The van der Waals surface area contributed by atoms with Gasteiger partial charge in [-0.1, -0.05) is 12.1 Å². The summed E-state index contributed by atoms with van der Waals surface area (Å²) in [5, 5.41) is 0. The van der Waals surface area contributed by atoms with E-state index in [2.05, 4.69) is 9.80 Å². The summed E-state index contributed by atoms with van der Waals surface area (Å²) in [4.78, 5) is 17.7. The second-order valence-corrected chi connectivity index (χ2v) is 8.86. The maximum Gasteiger partial charge on any atom is 0.313 e. The summed E-state index contributed by atoms with van der Waals surface area (Å²) < 4.78 is 38.9. The van der Waals surface area contributed by atoms with Gasteiger partial charge in [0, 0.05) is 37.8 Å². The molecular weight excluding hydrogens is 390 g/mol. The summed E-state index contributed by atoms with van der Waals surface area (Å²) in [6.45, 7) is 7.28. The monoisotopic (exact) mass is 422 g/mol. The van der Waals surface area contributed by atoms with Crippen LogP contribution in [-0.2, 0) is 20.8 Å². The van der Waals surface area contributed by atoms with E-state index in [-0.39, 0.29) is 11.9 Å². The summed E-state index contributed by atoms with van der Waals surface area (Å²) in [5.41, 5.74) is -0.213. The van der Waals surface area contributed by atoms with E-state index in [9.17, 15) is 13.6 Å². The van der Waals surface area contributed by atoms with Gasteiger partial charge < -0.3 is 9.47 Å². The highest BCUT2D eigenvalue weighted by Crippen LogP contribution is 2.48. The zero-order chi connectivity index (χ0) is 21.1. The van der Waals surface area contributed by atoms with E-state index >= 15 is 0 Å². The van der Waals surface area contributed by atoms with Gasteiger partial charge in [0.2, 0.25) is 0 Å². The predicted molar refractivity (Wildman–Crippen MR) is 109 cm³/mol. The molecule has 7 heteroatoms. The Balaban J connectivity index is 1.50. The number of likely N-dealkylation sites (tertiary alicyclic amines) is 1. The summed E-state index contributed by atoms with van der Waals surface area (Å²) in [5.74, 6) is -1.49. The van der Waals surface area contributed by atoms with Gasteiger partial charge in [-0.2, -0.15) is 0 Å². The third-order valence-electron chi connectivity index (χ3n) is 7.23. The molecule has 30 heavy (non-hydrogen) atoms. The first-order valence-electron chi connectivity index (χ1n) is 11.2. The molecule has 1 aromatic rings. The lowest BCUT2D eigenvalue weighted by atomic mass is 9.61. The SMILES string of the molecule is CCOC(=O)[C@@]12CC[C@@H](N3CCOCC3)C[C@H]1CCN(Cc1cccc(F)c1F)C2. The molecule has 1 saturated carbocycles. The fraction of sp³-hybridized carbons (Fsp3) is 0.696. The number of hydrogen-bond donors (Lipinski definition) is 0. The van der Waals surface area contributed by atoms with Crippen LogP contribution in [0.15, 0.2) is 18.2 Å². The van der Waals surface area contributed by atoms with Crippen molar-refractivity contribution in [2.75, 3.05) is 46.0 Å². The van der Waals surface area contributed by atoms with Gasteiger partial charge in [-0.05, 0) is 51.1 Å². The Morgan fingerprint density at radius 2 is 2.03 bits per heavy atom. The van der Waals surface area contributed by atoms with Gasteiger partial charge >= 0.3 is 5.97 Å². The smallest absolute Gasteiger partial charge is 0.313 e. The highest BCUT2D eigenvalue weighted by molar-refractivity contribution is 5.78. The third kappa shape index (κ3) is 4.25. The fourth-order valence-corrected chi connectivity index (χ4v) is 5.65. The number of hydrogen-bond acceptors (Lipinski definition) is 5. The number of ether oxygens (including phenoxy) is 2. The molecule has 0 amide bonds. The molecule has 166 valence electrons. The third-order valence-corrected chi connectivity index (χ3v) is 7.23. The van der Waals surface area contributed by atoms with E-state index in [0.29, 0.717) is 31.3 Å². The van der Waals surface area contributed by atoms with Crippen molar-refractivity contribution in [3.63, 3.8) is 0 Å². The number of morpholine rings is 1. The number of piperidine rings is 1. The van der Waals surface area contributed by atoms with E-state index in [1.54, 1.807) is 6.07 Å². The van der Waals surface area contributed by atoms with Crippen LogP contribution in [0.25, 0.3) is 0 Å². The Bertz CT molecular complexity index is 756. The zero-order valence-corrected chi connectivity index (χ0v) is 17.7. The second kappa shape index (κ2) is 9.28. The molecule has 5 nitrogen and oxygen atoms in total. The lowest BCUT2D eigenvalue weighted by Crippen LogP contribution is -2.58. The molecule has 0 unspecified atom stereocenters. The number of esters is 1. The number of fused-ring (bicyclic) bond motifs is 1. The van der Waals surface area contributed by atoms with Crippen LogP contribution in [0.5, 0.6) is 0 Å². The van der Waals surface area contributed by atoms with E-state index in [0.717, 1.165) is 64.6 Å². The highest BCUT2D eigenvalue weighted by atomic mass is 19.2. The number of halogens is 2. The van der Waals surface area contributed by atoms with Crippen LogP contribution in [-0.4, -0.2) is 67.8 Å². The summed E-state index contributed by atoms with van der Waals surface area (Å²) in [6, 6.07) is 4.78. The Morgan fingerprint density at radius 3 is 2.80 bits per heavy atom. The van der Waals surface area contributed by atoms with Crippen LogP contribution in [0.4, 0.5) is 8.78 Å². The van der Waals surface area contributed by atoms with Crippen molar-refractivity contribution in [2.24, 2.45) is 11.3 Å². The van der Waals surface area contributed by atoms with Crippen LogP contribution in [0.3, 0.4) is 0 Å². The van der Waals surface area contributed by atoms with Gasteiger partial charge in [0.15, 0.2) is 11.6 Å². The molecular formula is C23H32F2N2O3. The molecule has 0 spiro atoms. The van der Waals surface area contributed by atoms with Crippen molar-refractivity contribution in [3.05, 3.63) is 35.4 Å². The first-order chi connectivity index (χ1) is 14.5. The van der Waals surface area contributed by atoms with Gasteiger partial charge in [0.05, 0.1) is 25.2 Å². The highest BCUT2D eigenvalue weighted by Gasteiger charge is 2.53. The zero-order valence-electron chi connectivity index (χ0n) is 17.7. The number of nitrogens with zero attached hydrogens (tertiary/aromatic N) is 2. The number of carbonyl (C=O) groups excluding carboxylic acids is 1. The molecule has 0 bridgehead atoms. The molecule has 0 radical (unpaired) electrons. The standard InChI is InChI=1S/C23H32F2N2O3/c1-2-30-22(28)23-8-6-19(27-10-12-29-13-11-27)14-18(23)7-9-26(16-23)15-17-4-3-5-20(24)21(17)25/h3-5,18-19H,2,6-16H2,1H3/t18-,19-,23-/m1/s1. The average molecular weight is 423 g/mol. The van der Waals surface area contributed by atoms with Crippen molar-refractivity contribution in [3.8, 4) is 0 Å². The molecule has 3 atom stereocenters. The van der Waals surface area contributed by atoms with Gasteiger partial charge in [-0.15, -0.1) is 0 Å². The van der Waals surface area contributed by atoms with Crippen LogP contribution in [0, 0.1) is 23.0 Å². The molecule has 1 aromatic carbocycles. The number of carbonyl (C=O) groups is 1. The molecule has 2 aliphatic heterocycles. The molecule has 3 fully saturated rings. The van der Waals surface area contributed by atoms with E-state index in [4.69, 9.17) is 9.47 Å². The maximum atomic E-state index is 14.2. The Kier molecular flexibility index (Phi) is 6.70. The largest absolute Gasteiger partial charge is 0.466 e. The fourth-order valence-electron chi connectivity index (χ4n) is 5.65. The van der Waals surface area contributed by atoms with E-state index in [1.807, 2.05) is 6.92 Å². The van der Waals surface area contributed by atoms with Crippen molar-refractivity contribution in [1.29, 1.82) is 0 Å². The Hall–Kier alpha value is -1.57. The molecule has 2 saturated heterocycles. The minimum atomic E-state index is -0.825. The minimum absolute atomic E-state index is 0.125. The first-order valence-corrected chi connectivity index (χ1v) is 11.2. The number of rotatable bonds is 5. The quantitative estimate of drug-likeness (QED) is 0.682.